The number of carbonyl (C=O) groups excluding carboxylic acids is 1. The molecular weight excluding hydrogens is 236 g/mol. The van der Waals surface area contributed by atoms with Gasteiger partial charge < -0.3 is 9.80 Å². The van der Waals surface area contributed by atoms with E-state index in [9.17, 15) is 4.79 Å². The van der Waals surface area contributed by atoms with Gasteiger partial charge in [-0.25, -0.2) is 4.79 Å². The summed E-state index contributed by atoms with van der Waals surface area (Å²) in [5.74, 6) is 0. The van der Waals surface area contributed by atoms with Crippen LogP contribution in [-0.2, 0) is 0 Å². The Kier molecular flexibility index (Phi) is 3.65. The Hall–Kier alpha value is -1.77. The van der Waals surface area contributed by atoms with Gasteiger partial charge in [-0.2, -0.15) is 0 Å². The predicted molar refractivity (Wildman–Crippen MR) is 77.7 cm³/mol. The van der Waals surface area contributed by atoms with E-state index in [1.165, 1.54) is 11.1 Å². The van der Waals surface area contributed by atoms with E-state index < -0.39 is 0 Å². The van der Waals surface area contributed by atoms with Crippen LogP contribution in [0.2, 0.25) is 0 Å². The quantitative estimate of drug-likeness (QED) is 0.791. The molecule has 1 aliphatic rings. The maximum atomic E-state index is 12.5. The van der Waals surface area contributed by atoms with Crippen molar-refractivity contribution in [3.8, 4) is 0 Å². The maximum absolute atomic E-state index is 12.5. The molecule has 1 aromatic carbocycles. The minimum atomic E-state index is 0.0462. The van der Waals surface area contributed by atoms with E-state index in [1.54, 1.807) is 4.90 Å². The maximum Gasteiger partial charge on any atom is 0.324 e. The number of nitrogens with zero attached hydrogens (tertiary/aromatic N) is 2. The molecule has 19 heavy (non-hydrogen) atoms. The van der Waals surface area contributed by atoms with Crippen molar-refractivity contribution in [1.29, 1.82) is 0 Å². The third-order valence-corrected chi connectivity index (χ3v) is 3.94. The molecule has 0 aliphatic carbocycles. The molecule has 0 spiro atoms. The molecule has 0 saturated heterocycles. The third-order valence-electron chi connectivity index (χ3n) is 3.94. The molecule has 1 heterocycles. The van der Waals surface area contributed by atoms with E-state index >= 15 is 0 Å². The average Bonchev–Trinajstić information content (AvgIpc) is 2.40. The largest absolute Gasteiger partial charge is 0.324 e. The van der Waals surface area contributed by atoms with Crippen LogP contribution in [0.1, 0.15) is 39.3 Å². The van der Waals surface area contributed by atoms with Crippen molar-refractivity contribution in [3.05, 3.63) is 47.2 Å². The molecule has 0 fully saturated rings. The molecule has 0 radical (unpaired) electrons. The molecule has 1 aromatic rings. The zero-order valence-electron chi connectivity index (χ0n) is 12.3. The van der Waals surface area contributed by atoms with Crippen LogP contribution in [0.4, 0.5) is 4.79 Å². The molecule has 3 nitrogen and oxygen atoms in total. The highest BCUT2D eigenvalue weighted by molar-refractivity contribution is 5.79. The Bertz CT molecular complexity index is 505. The highest BCUT2D eigenvalue weighted by Crippen LogP contribution is 2.37. The minimum Gasteiger partial charge on any atom is -0.311 e. The summed E-state index contributed by atoms with van der Waals surface area (Å²) in [5, 5.41) is 0. The fourth-order valence-electron chi connectivity index (χ4n) is 2.66. The molecule has 0 N–H and O–H groups in total. The molecule has 2 rings (SSSR count). The summed E-state index contributed by atoms with van der Waals surface area (Å²) in [7, 11) is 1.84. The number of rotatable bonds is 2. The van der Waals surface area contributed by atoms with E-state index in [0.717, 1.165) is 5.70 Å². The molecule has 1 atom stereocenters. The normalized spacial score (nSPS) is 20.5. The van der Waals surface area contributed by atoms with Gasteiger partial charge in [0.2, 0.25) is 0 Å². The third kappa shape index (κ3) is 2.25. The fraction of sp³-hybridized carbons (Fsp3) is 0.438. The van der Waals surface area contributed by atoms with Crippen LogP contribution < -0.4 is 0 Å². The van der Waals surface area contributed by atoms with Gasteiger partial charge in [0.1, 0.15) is 0 Å². The first-order valence-electron chi connectivity index (χ1n) is 6.73. The van der Waals surface area contributed by atoms with Gasteiger partial charge in [0, 0.05) is 18.8 Å². The second-order valence-electron chi connectivity index (χ2n) is 5.42. The first-order chi connectivity index (χ1) is 8.95. The lowest BCUT2D eigenvalue weighted by atomic mass is 9.93. The monoisotopic (exact) mass is 258 g/mol. The van der Waals surface area contributed by atoms with E-state index in [2.05, 4.69) is 32.9 Å². The Morgan fingerprint density at radius 3 is 2.21 bits per heavy atom. The number of hydrogen-bond acceptors (Lipinski definition) is 1. The van der Waals surface area contributed by atoms with Crippen LogP contribution >= 0.6 is 0 Å². The van der Waals surface area contributed by atoms with Gasteiger partial charge in [-0.05, 0) is 38.8 Å². The highest BCUT2D eigenvalue weighted by Gasteiger charge is 2.36. The zero-order chi connectivity index (χ0) is 14.2. The van der Waals surface area contributed by atoms with Crippen molar-refractivity contribution in [3.63, 3.8) is 0 Å². The number of amides is 2. The summed E-state index contributed by atoms with van der Waals surface area (Å²) < 4.78 is 0. The van der Waals surface area contributed by atoms with E-state index in [1.807, 2.05) is 37.1 Å². The predicted octanol–water partition coefficient (Wildman–Crippen LogP) is 3.80. The van der Waals surface area contributed by atoms with Crippen molar-refractivity contribution in [2.75, 3.05) is 7.05 Å². The summed E-state index contributed by atoms with van der Waals surface area (Å²) in [5.41, 5.74) is 3.47. The standard InChI is InChI=1S/C16H22N2O/c1-11(2)18-15(14-9-7-6-8-10-14)12(3)13(4)17(5)16(18)19/h6-11,15H,1-5H3. The number of benzene rings is 1. The lowest BCUT2D eigenvalue weighted by molar-refractivity contribution is 0.129. The molecule has 3 heteroatoms. The molecule has 2 amide bonds. The van der Waals surface area contributed by atoms with Crippen LogP contribution in [0.15, 0.2) is 41.6 Å². The first kappa shape index (κ1) is 13.7. The van der Waals surface area contributed by atoms with Gasteiger partial charge in [0.25, 0.3) is 0 Å². The topological polar surface area (TPSA) is 23.6 Å². The molecule has 1 unspecified atom stereocenters. The van der Waals surface area contributed by atoms with Crippen LogP contribution in [0.3, 0.4) is 0 Å². The van der Waals surface area contributed by atoms with Crippen LogP contribution in [0, 0.1) is 0 Å². The summed E-state index contributed by atoms with van der Waals surface area (Å²) in [4.78, 5) is 16.2. The second kappa shape index (κ2) is 5.08. The Morgan fingerprint density at radius 2 is 1.68 bits per heavy atom. The smallest absolute Gasteiger partial charge is 0.311 e. The Balaban J connectivity index is 2.56. The SMILES string of the molecule is CC1=C(C)N(C)C(=O)N(C(C)C)C1c1ccccc1. The van der Waals surface area contributed by atoms with Crippen molar-refractivity contribution >= 4 is 6.03 Å². The van der Waals surface area contributed by atoms with E-state index in [-0.39, 0.29) is 18.1 Å². The number of urea groups is 1. The van der Waals surface area contributed by atoms with E-state index in [4.69, 9.17) is 0 Å². The van der Waals surface area contributed by atoms with Gasteiger partial charge in [-0.1, -0.05) is 30.3 Å². The van der Waals surface area contributed by atoms with Crippen molar-refractivity contribution in [2.45, 2.75) is 39.8 Å². The number of hydrogen-bond donors (Lipinski definition) is 0. The van der Waals surface area contributed by atoms with E-state index in [0.29, 0.717) is 0 Å². The lowest BCUT2D eigenvalue weighted by Gasteiger charge is -2.43. The zero-order valence-corrected chi connectivity index (χ0v) is 12.3. The van der Waals surface area contributed by atoms with Crippen molar-refractivity contribution in [2.24, 2.45) is 0 Å². The molecule has 102 valence electrons. The van der Waals surface area contributed by atoms with Crippen molar-refractivity contribution < 1.29 is 4.79 Å². The first-order valence-corrected chi connectivity index (χ1v) is 6.73. The summed E-state index contributed by atoms with van der Waals surface area (Å²) >= 11 is 0. The molecule has 0 aromatic heterocycles. The van der Waals surface area contributed by atoms with Gasteiger partial charge in [-0.15, -0.1) is 0 Å². The van der Waals surface area contributed by atoms with Gasteiger partial charge in [0.05, 0.1) is 6.04 Å². The molecule has 1 aliphatic heterocycles. The molecule has 0 bridgehead atoms. The molecular formula is C16H22N2O. The highest BCUT2D eigenvalue weighted by atomic mass is 16.2. The number of carbonyl (C=O) groups is 1. The van der Waals surface area contributed by atoms with Crippen LogP contribution in [0.5, 0.6) is 0 Å². The van der Waals surface area contributed by atoms with Gasteiger partial charge in [0.15, 0.2) is 0 Å². The second-order valence-corrected chi connectivity index (χ2v) is 5.42. The van der Waals surface area contributed by atoms with Gasteiger partial charge in [-0.3, -0.25) is 0 Å². The fourth-order valence-corrected chi connectivity index (χ4v) is 2.66. The summed E-state index contributed by atoms with van der Waals surface area (Å²) in [6.07, 6.45) is 0. The van der Waals surface area contributed by atoms with Gasteiger partial charge >= 0.3 is 6.03 Å². The molecule has 0 saturated carbocycles. The summed E-state index contributed by atoms with van der Waals surface area (Å²) in [6.45, 7) is 8.26. The Labute approximate surface area is 115 Å². The van der Waals surface area contributed by atoms with Crippen LogP contribution in [0.25, 0.3) is 0 Å². The average molecular weight is 258 g/mol. The Morgan fingerprint density at radius 1 is 1.11 bits per heavy atom. The van der Waals surface area contributed by atoms with Crippen LogP contribution in [-0.4, -0.2) is 28.9 Å². The van der Waals surface area contributed by atoms with Crippen molar-refractivity contribution in [1.82, 2.24) is 9.80 Å². The number of allylic oxidation sites excluding steroid dienone is 1. The summed E-state index contributed by atoms with van der Waals surface area (Å²) in [6, 6.07) is 10.5. The lowest BCUT2D eigenvalue weighted by Crippen LogP contribution is -2.50. The minimum absolute atomic E-state index is 0.0462.